The number of carbonyl (C=O) groups excluding carboxylic acids is 1. The Bertz CT molecular complexity index is 1000. The predicted molar refractivity (Wildman–Crippen MR) is 81.0 cm³/mol. The van der Waals surface area contributed by atoms with Gasteiger partial charge in [0.25, 0.3) is 0 Å². The van der Waals surface area contributed by atoms with Crippen LogP contribution in [0.3, 0.4) is 0 Å². The van der Waals surface area contributed by atoms with Gasteiger partial charge in [-0.2, -0.15) is 0 Å². The minimum atomic E-state index is -0.478. The Morgan fingerprint density at radius 1 is 1.17 bits per heavy atom. The van der Waals surface area contributed by atoms with E-state index in [2.05, 4.69) is 4.98 Å². The fourth-order valence-corrected chi connectivity index (χ4v) is 2.66. The van der Waals surface area contributed by atoms with Gasteiger partial charge in [0.2, 0.25) is 5.78 Å². The number of halogens is 1. The predicted octanol–water partition coefficient (Wildman–Crippen LogP) is 3.33. The van der Waals surface area contributed by atoms with Gasteiger partial charge in [-0.3, -0.25) is 4.79 Å². The lowest BCUT2D eigenvalue weighted by atomic mass is 10.1. The van der Waals surface area contributed by atoms with E-state index in [-0.39, 0.29) is 34.4 Å². The highest BCUT2D eigenvalue weighted by atomic mass is 19.1. The third-order valence-corrected chi connectivity index (χ3v) is 3.70. The number of allylic oxidation sites excluding steroid dienone is 1. The van der Waals surface area contributed by atoms with Crippen LogP contribution in [0.15, 0.2) is 42.3 Å². The highest BCUT2D eigenvalue weighted by molar-refractivity contribution is 6.16. The van der Waals surface area contributed by atoms with Gasteiger partial charge in [0.05, 0.1) is 0 Å². The summed E-state index contributed by atoms with van der Waals surface area (Å²) in [5.74, 6) is -1.25. The summed E-state index contributed by atoms with van der Waals surface area (Å²) in [5, 5.41) is 20.0. The minimum Gasteiger partial charge on any atom is -0.508 e. The number of phenolic OH excluding ortho intramolecular Hbond substituents is 2. The van der Waals surface area contributed by atoms with Crippen LogP contribution in [0.4, 0.5) is 4.39 Å². The lowest BCUT2D eigenvalue weighted by Gasteiger charge is -2.00. The van der Waals surface area contributed by atoms with Gasteiger partial charge in [0.1, 0.15) is 28.6 Å². The molecule has 0 saturated carbocycles. The van der Waals surface area contributed by atoms with Crippen molar-refractivity contribution in [3.63, 3.8) is 0 Å². The van der Waals surface area contributed by atoms with Gasteiger partial charge >= 0.3 is 0 Å². The van der Waals surface area contributed by atoms with Crippen LogP contribution < -0.4 is 4.74 Å². The molecule has 23 heavy (non-hydrogen) atoms. The smallest absolute Gasteiger partial charge is 0.235 e. The number of ether oxygens (including phenoxy) is 1. The van der Waals surface area contributed by atoms with Crippen LogP contribution in [-0.4, -0.2) is 21.0 Å². The standard InChI is InChI=1S/C17H10FNO4/c18-9-1-2-11-8(7-19-12(11)4-9)3-15-17(22)16-13(21)5-10(20)6-14(16)23-15/h1-7,19-21H/b15-3+. The molecule has 5 nitrogen and oxygen atoms in total. The van der Waals surface area contributed by atoms with E-state index < -0.39 is 5.78 Å². The summed E-state index contributed by atoms with van der Waals surface area (Å²) in [6.07, 6.45) is 3.14. The number of hydrogen-bond acceptors (Lipinski definition) is 4. The third kappa shape index (κ3) is 2.03. The monoisotopic (exact) mass is 311 g/mol. The van der Waals surface area contributed by atoms with E-state index in [1.165, 1.54) is 24.3 Å². The Hall–Kier alpha value is -3.28. The normalized spacial score (nSPS) is 15.2. The highest BCUT2D eigenvalue weighted by Gasteiger charge is 2.31. The Balaban J connectivity index is 1.81. The van der Waals surface area contributed by atoms with Crippen molar-refractivity contribution in [2.24, 2.45) is 0 Å². The molecular formula is C17H10FNO4. The van der Waals surface area contributed by atoms with Gasteiger partial charge < -0.3 is 19.9 Å². The van der Waals surface area contributed by atoms with Crippen LogP contribution >= 0.6 is 0 Å². The quantitative estimate of drug-likeness (QED) is 0.602. The van der Waals surface area contributed by atoms with Gasteiger partial charge in [-0.05, 0) is 24.3 Å². The average Bonchev–Trinajstić information content (AvgIpc) is 3.01. The first-order valence-corrected chi connectivity index (χ1v) is 6.80. The molecule has 0 unspecified atom stereocenters. The van der Waals surface area contributed by atoms with Gasteiger partial charge in [-0.15, -0.1) is 0 Å². The van der Waals surface area contributed by atoms with Crippen LogP contribution in [0, 0.1) is 5.82 Å². The number of Topliss-reactive ketones (excluding diaryl/α,β-unsaturated/α-hetero) is 1. The zero-order valence-electron chi connectivity index (χ0n) is 11.6. The van der Waals surface area contributed by atoms with Crippen LogP contribution in [-0.2, 0) is 0 Å². The van der Waals surface area contributed by atoms with E-state index in [0.717, 1.165) is 11.5 Å². The Morgan fingerprint density at radius 3 is 2.83 bits per heavy atom. The van der Waals surface area contributed by atoms with E-state index >= 15 is 0 Å². The van der Waals surface area contributed by atoms with E-state index in [9.17, 15) is 19.4 Å². The maximum atomic E-state index is 13.2. The molecule has 0 aliphatic carbocycles. The molecule has 114 valence electrons. The summed E-state index contributed by atoms with van der Waals surface area (Å²) >= 11 is 0. The topological polar surface area (TPSA) is 82.6 Å². The first-order valence-electron chi connectivity index (χ1n) is 6.80. The molecule has 6 heteroatoms. The highest BCUT2D eigenvalue weighted by Crippen LogP contribution is 2.40. The number of ketones is 1. The summed E-state index contributed by atoms with van der Waals surface area (Å²) in [6, 6.07) is 6.63. The van der Waals surface area contributed by atoms with Crippen molar-refractivity contribution in [1.29, 1.82) is 0 Å². The molecule has 0 saturated heterocycles. The molecule has 2 aromatic carbocycles. The zero-order chi connectivity index (χ0) is 16.1. The number of fused-ring (bicyclic) bond motifs is 2. The molecule has 0 amide bonds. The minimum absolute atomic E-state index is 0.0138. The van der Waals surface area contributed by atoms with Crippen molar-refractivity contribution in [1.82, 2.24) is 4.98 Å². The number of benzene rings is 2. The molecule has 1 aromatic heterocycles. The fourth-order valence-electron chi connectivity index (χ4n) is 2.66. The molecule has 0 radical (unpaired) electrons. The van der Waals surface area contributed by atoms with Crippen molar-refractivity contribution in [2.75, 3.05) is 0 Å². The number of aromatic amines is 1. The van der Waals surface area contributed by atoms with Crippen LogP contribution in [0.25, 0.3) is 17.0 Å². The van der Waals surface area contributed by atoms with Crippen molar-refractivity contribution >= 4 is 22.8 Å². The van der Waals surface area contributed by atoms with Crippen LogP contribution in [0.1, 0.15) is 15.9 Å². The number of rotatable bonds is 1. The van der Waals surface area contributed by atoms with Crippen molar-refractivity contribution in [3.8, 4) is 17.2 Å². The molecule has 3 aromatic rings. The first-order chi connectivity index (χ1) is 11.0. The van der Waals surface area contributed by atoms with Crippen LogP contribution in [0.2, 0.25) is 0 Å². The molecule has 1 aliphatic heterocycles. The molecular weight excluding hydrogens is 301 g/mol. The van der Waals surface area contributed by atoms with Crippen molar-refractivity contribution in [3.05, 3.63) is 59.2 Å². The lowest BCUT2D eigenvalue weighted by Crippen LogP contribution is -1.98. The second-order valence-electron chi connectivity index (χ2n) is 5.21. The van der Waals surface area contributed by atoms with Crippen molar-refractivity contribution in [2.45, 2.75) is 0 Å². The van der Waals surface area contributed by atoms with Gasteiger partial charge in [-0.25, -0.2) is 4.39 Å². The number of phenols is 2. The van der Waals surface area contributed by atoms with E-state index in [1.807, 2.05) is 0 Å². The average molecular weight is 311 g/mol. The van der Waals surface area contributed by atoms with E-state index in [4.69, 9.17) is 4.74 Å². The van der Waals surface area contributed by atoms with Gasteiger partial charge in [0, 0.05) is 34.8 Å². The van der Waals surface area contributed by atoms with Crippen molar-refractivity contribution < 1.29 is 24.1 Å². The summed E-state index contributed by atoms with van der Waals surface area (Å²) in [7, 11) is 0. The zero-order valence-corrected chi connectivity index (χ0v) is 11.6. The largest absolute Gasteiger partial charge is 0.508 e. The Labute approximate surface area is 129 Å². The maximum Gasteiger partial charge on any atom is 0.235 e. The lowest BCUT2D eigenvalue weighted by molar-refractivity contribution is 0.101. The first kappa shape index (κ1) is 13.4. The number of nitrogens with one attached hydrogen (secondary N) is 1. The molecule has 4 rings (SSSR count). The molecule has 2 heterocycles. The SMILES string of the molecule is O=C1/C(=C\c2c[nH]c3cc(F)ccc23)Oc2cc(O)cc(O)c21. The summed E-state index contributed by atoms with van der Waals surface area (Å²) in [5.41, 5.74) is 1.26. The van der Waals surface area contributed by atoms with Gasteiger partial charge in [0.15, 0.2) is 5.76 Å². The molecule has 3 N–H and O–H groups in total. The molecule has 0 bridgehead atoms. The Kier molecular flexibility index (Phi) is 2.68. The maximum absolute atomic E-state index is 13.2. The van der Waals surface area contributed by atoms with E-state index in [0.29, 0.717) is 11.1 Å². The Morgan fingerprint density at radius 2 is 2.00 bits per heavy atom. The number of aromatic nitrogens is 1. The summed E-state index contributed by atoms with van der Waals surface area (Å²) in [6.45, 7) is 0. The van der Waals surface area contributed by atoms with Crippen LogP contribution in [0.5, 0.6) is 17.2 Å². The fraction of sp³-hybridized carbons (Fsp3) is 0. The third-order valence-electron chi connectivity index (χ3n) is 3.70. The van der Waals surface area contributed by atoms with E-state index in [1.54, 1.807) is 12.3 Å². The molecule has 0 fully saturated rings. The number of aromatic hydroxyl groups is 2. The number of hydrogen-bond donors (Lipinski definition) is 3. The molecule has 0 atom stereocenters. The summed E-state index contributed by atoms with van der Waals surface area (Å²) in [4.78, 5) is 15.3. The number of carbonyl (C=O) groups is 1. The summed E-state index contributed by atoms with van der Waals surface area (Å²) < 4.78 is 18.6. The second kappa shape index (κ2) is 4.61. The van der Waals surface area contributed by atoms with Gasteiger partial charge in [-0.1, -0.05) is 0 Å². The number of H-pyrrole nitrogens is 1. The second-order valence-corrected chi connectivity index (χ2v) is 5.21. The molecule has 0 spiro atoms. The molecule has 1 aliphatic rings.